The fraction of sp³-hybridized carbons (Fsp3) is 0.500. The second-order valence-corrected chi connectivity index (χ2v) is 3.17. The summed E-state index contributed by atoms with van der Waals surface area (Å²) in [6, 6.07) is 0.524. The Morgan fingerprint density at radius 2 is 2.36 bits per heavy atom. The average molecular weight is 193 g/mol. The van der Waals surface area contributed by atoms with Gasteiger partial charge in [-0.2, -0.15) is 5.10 Å². The first-order valence-corrected chi connectivity index (χ1v) is 4.51. The lowest BCUT2D eigenvalue weighted by atomic mass is 10.5. The van der Waals surface area contributed by atoms with Gasteiger partial charge < -0.3 is 5.32 Å². The number of hydrogen-bond donors (Lipinski definition) is 2. The predicted octanol–water partition coefficient (Wildman–Crippen LogP) is -0.438. The standard InChI is InChI=1S/C8H11N5O/c14-7(5-10-6-1-2-6)12-8-9-3-4-11-13-8/h3-4,6,10H,1-2,5H2,(H,9,12,13,14). The molecule has 1 aromatic rings. The molecule has 0 atom stereocenters. The smallest absolute Gasteiger partial charge is 0.249 e. The summed E-state index contributed by atoms with van der Waals surface area (Å²) in [6.45, 7) is 0.308. The molecule has 1 amide bonds. The third-order valence-corrected chi connectivity index (χ3v) is 1.86. The molecular formula is C8H11N5O. The molecule has 0 radical (unpaired) electrons. The Kier molecular flexibility index (Phi) is 2.64. The molecule has 1 heterocycles. The Morgan fingerprint density at radius 3 is 3.00 bits per heavy atom. The van der Waals surface area contributed by atoms with E-state index in [-0.39, 0.29) is 11.9 Å². The van der Waals surface area contributed by atoms with Crippen molar-refractivity contribution in [1.29, 1.82) is 0 Å². The second-order valence-electron chi connectivity index (χ2n) is 3.17. The molecule has 1 fully saturated rings. The van der Waals surface area contributed by atoms with Gasteiger partial charge in [0.25, 0.3) is 0 Å². The van der Waals surface area contributed by atoms with Crippen LogP contribution in [0.4, 0.5) is 5.95 Å². The van der Waals surface area contributed by atoms with Crippen molar-refractivity contribution in [2.24, 2.45) is 0 Å². The number of carbonyl (C=O) groups is 1. The van der Waals surface area contributed by atoms with Gasteiger partial charge in [0.1, 0.15) is 0 Å². The van der Waals surface area contributed by atoms with Crippen LogP contribution in [0.1, 0.15) is 12.8 Å². The van der Waals surface area contributed by atoms with E-state index in [9.17, 15) is 4.79 Å². The number of anilines is 1. The molecule has 2 N–H and O–H groups in total. The minimum absolute atomic E-state index is 0.134. The summed E-state index contributed by atoms with van der Waals surface area (Å²) in [5, 5.41) is 12.9. The van der Waals surface area contributed by atoms with Gasteiger partial charge in [-0.25, -0.2) is 4.98 Å². The van der Waals surface area contributed by atoms with Crippen LogP contribution in [0.3, 0.4) is 0 Å². The molecule has 0 saturated heterocycles. The fourth-order valence-corrected chi connectivity index (χ4v) is 0.998. The number of rotatable bonds is 4. The van der Waals surface area contributed by atoms with Crippen molar-refractivity contribution >= 4 is 11.9 Å². The molecule has 1 aliphatic rings. The first-order chi connectivity index (χ1) is 6.84. The minimum atomic E-state index is -0.134. The summed E-state index contributed by atoms with van der Waals surface area (Å²) >= 11 is 0. The molecule has 1 saturated carbocycles. The molecule has 0 bridgehead atoms. The molecule has 74 valence electrons. The number of amides is 1. The van der Waals surface area contributed by atoms with Crippen molar-refractivity contribution in [2.45, 2.75) is 18.9 Å². The van der Waals surface area contributed by atoms with Crippen molar-refractivity contribution < 1.29 is 4.79 Å². The number of aromatic nitrogens is 3. The third kappa shape index (κ3) is 2.74. The van der Waals surface area contributed by atoms with Gasteiger partial charge in [-0.3, -0.25) is 10.1 Å². The van der Waals surface area contributed by atoms with Gasteiger partial charge in [0.05, 0.1) is 18.9 Å². The summed E-state index contributed by atoms with van der Waals surface area (Å²) in [5.74, 6) is 0.111. The normalized spacial score (nSPS) is 15.1. The van der Waals surface area contributed by atoms with Gasteiger partial charge in [-0.15, -0.1) is 5.10 Å². The Balaban J connectivity index is 1.76. The molecule has 14 heavy (non-hydrogen) atoms. The van der Waals surface area contributed by atoms with Gasteiger partial charge in [0.15, 0.2) is 0 Å². The Hall–Kier alpha value is -1.56. The molecule has 0 spiro atoms. The summed E-state index contributed by atoms with van der Waals surface area (Å²) in [7, 11) is 0. The molecule has 2 rings (SSSR count). The van der Waals surface area contributed by atoms with Gasteiger partial charge in [-0.05, 0) is 12.8 Å². The van der Waals surface area contributed by atoms with E-state index in [2.05, 4.69) is 25.8 Å². The summed E-state index contributed by atoms with van der Waals surface area (Å²) in [4.78, 5) is 15.1. The van der Waals surface area contributed by atoms with Gasteiger partial charge in [-0.1, -0.05) is 0 Å². The molecule has 1 aliphatic carbocycles. The van der Waals surface area contributed by atoms with Crippen LogP contribution in [-0.4, -0.2) is 33.7 Å². The minimum Gasteiger partial charge on any atom is -0.306 e. The topological polar surface area (TPSA) is 79.8 Å². The maximum atomic E-state index is 11.3. The van der Waals surface area contributed by atoms with Crippen molar-refractivity contribution in [2.75, 3.05) is 11.9 Å². The van der Waals surface area contributed by atoms with Crippen molar-refractivity contribution in [1.82, 2.24) is 20.5 Å². The SMILES string of the molecule is O=C(CNC1CC1)Nc1nccnn1. The molecule has 6 nitrogen and oxygen atoms in total. The van der Waals surface area contributed by atoms with Crippen molar-refractivity contribution in [3.63, 3.8) is 0 Å². The van der Waals surface area contributed by atoms with Crippen molar-refractivity contribution in [3.05, 3.63) is 12.4 Å². The molecular weight excluding hydrogens is 182 g/mol. The summed E-state index contributed by atoms with van der Waals surface area (Å²) in [6.07, 6.45) is 5.27. The predicted molar refractivity (Wildman–Crippen MR) is 49.5 cm³/mol. The van der Waals surface area contributed by atoms with E-state index in [1.807, 2.05) is 0 Å². The zero-order valence-corrected chi connectivity index (χ0v) is 7.60. The maximum absolute atomic E-state index is 11.3. The fourth-order valence-electron chi connectivity index (χ4n) is 0.998. The van der Waals surface area contributed by atoms with Crippen LogP contribution >= 0.6 is 0 Å². The van der Waals surface area contributed by atoms with E-state index in [0.717, 1.165) is 12.8 Å². The van der Waals surface area contributed by atoms with Gasteiger partial charge in [0, 0.05) is 6.04 Å². The van der Waals surface area contributed by atoms with Crippen LogP contribution in [-0.2, 0) is 4.79 Å². The molecule has 1 aromatic heterocycles. The summed E-state index contributed by atoms with van der Waals surface area (Å²) in [5.41, 5.74) is 0. The lowest BCUT2D eigenvalue weighted by Gasteiger charge is -2.02. The lowest BCUT2D eigenvalue weighted by molar-refractivity contribution is -0.115. The highest BCUT2D eigenvalue weighted by atomic mass is 16.2. The Labute approximate surface area is 81.1 Å². The zero-order chi connectivity index (χ0) is 9.80. The van der Waals surface area contributed by atoms with Crippen LogP contribution in [0, 0.1) is 0 Å². The second kappa shape index (κ2) is 4.10. The van der Waals surface area contributed by atoms with E-state index < -0.39 is 0 Å². The van der Waals surface area contributed by atoms with Gasteiger partial charge >= 0.3 is 0 Å². The Morgan fingerprint density at radius 1 is 1.50 bits per heavy atom. The quantitative estimate of drug-likeness (QED) is 0.677. The number of hydrogen-bond acceptors (Lipinski definition) is 5. The van der Waals surface area contributed by atoms with Crippen LogP contribution in [0.5, 0.6) is 0 Å². The van der Waals surface area contributed by atoms with E-state index in [0.29, 0.717) is 12.6 Å². The van der Waals surface area contributed by atoms with E-state index in [4.69, 9.17) is 0 Å². The van der Waals surface area contributed by atoms with Crippen LogP contribution in [0.15, 0.2) is 12.4 Å². The first kappa shape index (κ1) is 9.01. The summed E-state index contributed by atoms with van der Waals surface area (Å²) < 4.78 is 0. The van der Waals surface area contributed by atoms with Crippen LogP contribution < -0.4 is 10.6 Å². The largest absolute Gasteiger partial charge is 0.306 e. The van der Waals surface area contributed by atoms with E-state index in [1.165, 1.54) is 12.4 Å². The number of nitrogens with zero attached hydrogens (tertiary/aromatic N) is 3. The molecule has 6 heteroatoms. The monoisotopic (exact) mass is 193 g/mol. The molecule has 0 unspecified atom stereocenters. The highest BCUT2D eigenvalue weighted by Gasteiger charge is 2.21. The molecule has 0 aliphatic heterocycles. The zero-order valence-electron chi connectivity index (χ0n) is 7.60. The highest BCUT2D eigenvalue weighted by Crippen LogP contribution is 2.17. The van der Waals surface area contributed by atoms with E-state index in [1.54, 1.807) is 0 Å². The number of nitrogens with one attached hydrogen (secondary N) is 2. The lowest BCUT2D eigenvalue weighted by Crippen LogP contribution is -2.30. The number of carbonyl (C=O) groups excluding carboxylic acids is 1. The molecule has 0 aromatic carbocycles. The average Bonchev–Trinajstić information content (AvgIpc) is 3.00. The van der Waals surface area contributed by atoms with Crippen LogP contribution in [0.25, 0.3) is 0 Å². The highest BCUT2D eigenvalue weighted by molar-refractivity contribution is 5.90. The van der Waals surface area contributed by atoms with Crippen LogP contribution in [0.2, 0.25) is 0 Å². The third-order valence-electron chi connectivity index (χ3n) is 1.86. The first-order valence-electron chi connectivity index (χ1n) is 4.51. The van der Waals surface area contributed by atoms with Gasteiger partial charge in [0.2, 0.25) is 11.9 Å². The van der Waals surface area contributed by atoms with E-state index >= 15 is 0 Å². The Bertz CT molecular complexity index is 311. The maximum Gasteiger partial charge on any atom is 0.249 e. The van der Waals surface area contributed by atoms with Crippen molar-refractivity contribution in [3.8, 4) is 0 Å².